The Hall–Kier alpha value is -2.43. The molecule has 1 aromatic carbocycles. The summed E-state index contributed by atoms with van der Waals surface area (Å²) in [6, 6.07) is 10.4. The Morgan fingerprint density at radius 3 is 2.79 bits per heavy atom. The summed E-state index contributed by atoms with van der Waals surface area (Å²) in [6.45, 7) is 5.25. The van der Waals surface area contributed by atoms with Gasteiger partial charge < -0.3 is 15.2 Å². The summed E-state index contributed by atoms with van der Waals surface area (Å²) in [5.41, 5.74) is 2.34. The number of aliphatic imine (C=N–C) groups is 1. The van der Waals surface area contributed by atoms with Crippen molar-refractivity contribution in [1.82, 2.24) is 35.2 Å². The molecule has 154 valence electrons. The van der Waals surface area contributed by atoms with E-state index < -0.39 is 0 Å². The van der Waals surface area contributed by atoms with Crippen LogP contribution in [0, 0.1) is 0 Å². The lowest BCUT2D eigenvalue weighted by molar-refractivity contribution is 0.684. The Balaban J connectivity index is 0.00000240. The predicted octanol–water partition coefficient (Wildman–Crippen LogP) is 2.33. The van der Waals surface area contributed by atoms with Crippen molar-refractivity contribution < 1.29 is 0 Å². The minimum Gasteiger partial charge on any atom is -0.357 e. The molecule has 4 rings (SSSR count). The van der Waals surface area contributed by atoms with Crippen LogP contribution in [-0.4, -0.2) is 43.6 Å². The number of hydrogen-bond acceptors (Lipinski definition) is 4. The van der Waals surface area contributed by atoms with Crippen LogP contribution in [0.4, 0.5) is 0 Å². The van der Waals surface area contributed by atoms with Crippen LogP contribution in [0.3, 0.4) is 0 Å². The minimum atomic E-state index is 0. The SMILES string of the molecule is CCNC(=NCc1nnc2n1CCC2)NCCc1ccc(-n2cccn2)cc1.I. The van der Waals surface area contributed by atoms with Crippen molar-refractivity contribution in [1.29, 1.82) is 0 Å². The van der Waals surface area contributed by atoms with Crippen molar-refractivity contribution in [2.45, 2.75) is 39.3 Å². The molecule has 3 heterocycles. The van der Waals surface area contributed by atoms with E-state index in [4.69, 9.17) is 0 Å². The second-order valence-corrected chi connectivity index (χ2v) is 6.78. The smallest absolute Gasteiger partial charge is 0.191 e. The van der Waals surface area contributed by atoms with Gasteiger partial charge in [0.25, 0.3) is 0 Å². The third-order valence-corrected chi connectivity index (χ3v) is 4.82. The lowest BCUT2D eigenvalue weighted by Crippen LogP contribution is -2.38. The second-order valence-electron chi connectivity index (χ2n) is 6.78. The predicted molar refractivity (Wildman–Crippen MR) is 124 cm³/mol. The number of halogens is 1. The summed E-state index contributed by atoms with van der Waals surface area (Å²) >= 11 is 0. The molecule has 0 radical (unpaired) electrons. The highest BCUT2D eigenvalue weighted by atomic mass is 127. The highest BCUT2D eigenvalue weighted by molar-refractivity contribution is 14.0. The number of benzene rings is 1. The van der Waals surface area contributed by atoms with E-state index in [2.05, 4.69) is 66.7 Å². The molecule has 0 amide bonds. The van der Waals surface area contributed by atoms with Crippen molar-refractivity contribution in [3.05, 3.63) is 59.9 Å². The fourth-order valence-electron chi connectivity index (χ4n) is 3.38. The van der Waals surface area contributed by atoms with Crippen molar-refractivity contribution in [2.24, 2.45) is 4.99 Å². The summed E-state index contributed by atoms with van der Waals surface area (Å²) in [6.07, 6.45) is 6.82. The first-order chi connectivity index (χ1) is 13.8. The molecule has 2 aromatic heterocycles. The third kappa shape index (κ3) is 5.34. The zero-order valence-electron chi connectivity index (χ0n) is 16.6. The zero-order valence-corrected chi connectivity index (χ0v) is 18.9. The molecule has 0 bridgehead atoms. The quantitative estimate of drug-likeness (QED) is 0.292. The standard InChI is InChI=1S/C20H26N8.HI/c1-2-21-20(23-15-19-26-25-18-5-3-13-27(18)19)22-12-10-16-6-8-17(9-7-16)28-14-4-11-24-28;/h4,6-9,11,14H,2-3,5,10,12-13,15H2,1H3,(H2,21,22,23);1H. The van der Waals surface area contributed by atoms with Crippen molar-refractivity contribution >= 4 is 29.9 Å². The zero-order chi connectivity index (χ0) is 19.2. The normalized spacial score (nSPS) is 13.1. The van der Waals surface area contributed by atoms with Gasteiger partial charge in [-0.15, -0.1) is 34.2 Å². The number of rotatable bonds is 7. The van der Waals surface area contributed by atoms with Gasteiger partial charge in [0, 0.05) is 38.4 Å². The highest BCUT2D eigenvalue weighted by Crippen LogP contribution is 2.14. The maximum atomic E-state index is 4.67. The number of nitrogens with one attached hydrogen (secondary N) is 2. The average Bonchev–Trinajstić information content (AvgIpc) is 3.45. The molecule has 1 aliphatic heterocycles. The van der Waals surface area contributed by atoms with E-state index in [-0.39, 0.29) is 24.0 Å². The van der Waals surface area contributed by atoms with Crippen molar-refractivity contribution in [3.63, 3.8) is 0 Å². The van der Waals surface area contributed by atoms with Gasteiger partial charge in [-0.05, 0) is 43.5 Å². The highest BCUT2D eigenvalue weighted by Gasteiger charge is 2.16. The molecule has 0 saturated heterocycles. The van der Waals surface area contributed by atoms with Crippen LogP contribution in [0.2, 0.25) is 0 Å². The van der Waals surface area contributed by atoms with Crippen LogP contribution in [0.25, 0.3) is 5.69 Å². The summed E-state index contributed by atoms with van der Waals surface area (Å²) < 4.78 is 4.05. The molecule has 0 atom stereocenters. The Morgan fingerprint density at radius 1 is 1.17 bits per heavy atom. The van der Waals surface area contributed by atoms with Crippen LogP contribution in [-0.2, 0) is 25.9 Å². The van der Waals surface area contributed by atoms with Gasteiger partial charge in [0.2, 0.25) is 0 Å². The van der Waals surface area contributed by atoms with E-state index in [0.29, 0.717) is 6.54 Å². The summed E-state index contributed by atoms with van der Waals surface area (Å²) in [5, 5.41) is 19.5. The summed E-state index contributed by atoms with van der Waals surface area (Å²) in [4.78, 5) is 4.67. The number of aromatic nitrogens is 5. The molecule has 0 unspecified atom stereocenters. The Kier molecular flexibility index (Phi) is 7.62. The van der Waals surface area contributed by atoms with Crippen LogP contribution in [0.1, 0.15) is 30.6 Å². The van der Waals surface area contributed by atoms with Gasteiger partial charge in [0.05, 0.1) is 5.69 Å². The van der Waals surface area contributed by atoms with E-state index in [1.807, 2.05) is 16.9 Å². The fraction of sp³-hybridized carbons (Fsp3) is 0.400. The van der Waals surface area contributed by atoms with Crippen molar-refractivity contribution in [3.8, 4) is 5.69 Å². The lowest BCUT2D eigenvalue weighted by atomic mass is 10.1. The first-order valence-corrected chi connectivity index (χ1v) is 9.85. The third-order valence-electron chi connectivity index (χ3n) is 4.82. The second kappa shape index (κ2) is 10.4. The van der Waals surface area contributed by atoms with E-state index in [0.717, 1.165) is 62.2 Å². The molecule has 9 heteroatoms. The molecular formula is C20H27IN8. The minimum absolute atomic E-state index is 0. The largest absolute Gasteiger partial charge is 0.357 e. The van der Waals surface area contributed by atoms with Gasteiger partial charge in [-0.2, -0.15) is 5.10 Å². The number of aryl methyl sites for hydroxylation is 1. The summed E-state index contributed by atoms with van der Waals surface area (Å²) in [7, 11) is 0. The molecule has 2 N–H and O–H groups in total. The fourth-order valence-corrected chi connectivity index (χ4v) is 3.38. The van der Waals surface area contributed by atoms with E-state index in [9.17, 15) is 0 Å². The molecule has 0 aliphatic carbocycles. The maximum absolute atomic E-state index is 4.67. The van der Waals surface area contributed by atoms with Crippen LogP contribution in [0.5, 0.6) is 0 Å². The van der Waals surface area contributed by atoms with Gasteiger partial charge in [-0.25, -0.2) is 9.67 Å². The van der Waals surface area contributed by atoms with Gasteiger partial charge in [0.1, 0.15) is 12.4 Å². The number of guanidine groups is 1. The van der Waals surface area contributed by atoms with E-state index in [1.54, 1.807) is 6.20 Å². The lowest BCUT2D eigenvalue weighted by Gasteiger charge is -2.11. The summed E-state index contributed by atoms with van der Waals surface area (Å²) in [5.74, 6) is 2.84. The first kappa shape index (κ1) is 21.3. The van der Waals surface area contributed by atoms with Gasteiger partial charge in [0.15, 0.2) is 11.8 Å². The average molecular weight is 506 g/mol. The van der Waals surface area contributed by atoms with E-state index in [1.165, 1.54) is 5.56 Å². The van der Waals surface area contributed by atoms with Crippen LogP contribution in [0.15, 0.2) is 47.7 Å². The Labute approximate surface area is 187 Å². The van der Waals surface area contributed by atoms with Gasteiger partial charge >= 0.3 is 0 Å². The molecule has 0 saturated carbocycles. The molecule has 3 aromatic rings. The molecule has 0 fully saturated rings. The van der Waals surface area contributed by atoms with E-state index >= 15 is 0 Å². The van der Waals surface area contributed by atoms with Crippen LogP contribution >= 0.6 is 24.0 Å². The Bertz CT molecular complexity index is 915. The van der Waals surface area contributed by atoms with Crippen LogP contribution < -0.4 is 10.6 Å². The maximum Gasteiger partial charge on any atom is 0.191 e. The van der Waals surface area contributed by atoms with Gasteiger partial charge in [-0.3, -0.25) is 0 Å². The number of hydrogen-bond donors (Lipinski definition) is 2. The first-order valence-electron chi connectivity index (χ1n) is 9.85. The van der Waals surface area contributed by atoms with Gasteiger partial charge in [-0.1, -0.05) is 12.1 Å². The molecular weight excluding hydrogens is 479 g/mol. The Morgan fingerprint density at radius 2 is 2.03 bits per heavy atom. The molecule has 8 nitrogen and oxygen atoms in total. The number of fused-ring (bicyclic) bond motifs is 1. The monoisotopic (exact) mass is 506 g/mol. The molecule has 29 heavy (non-hydrogen) atoms. The van der Waals surface area contributed by atoms with Crippen molar-refractivity contribution in [2.75, 3.05) is 13.1 Å². The molecule has 1 aliphatic rings. The number of nitrogens with zero attached hydrogens (tertiary/aromatic N) is 6. The topological polar surface area (TPSA) is 85.0 Å². The molecule has 0 spiro atoms.